The van der Waals surface area contributed by atoms with E-state index in [0.29, 0.717) is 5.56 Å². The van der Waals surface area contributed by atoms with Gasteiger partial charge in [0.15, 0.2) is 9.84 Å². The lowest BCUT2D eigenvalue weighted by Crippen LogP contribution is -2.31. The first kappa shape index (κ1) is 22.2. The van der Waals surface area contributed by atoms with Crippen molar-refractivity contribution in [2.45, 2.75) is 30.2 Å². The number of fused-ring (bicyclic) bond motifs is 1. The Bertz CT molecular complexity index is 930. The summed E-state index contributed by atoms with van der Waals surface area (Å²) >= 11 is 0. The lowest BCUT2D eigenvalue weighted by Gasteiger charge is -2.26. The van der Waals surface area contributed by atoms with Gasteiger partial charge in [0, 0.05) is 18.4 Å². The number of amides is 1. The van der Waals surface area contributed by atoms with Crippen LogP contribution >= 0.6 is 12.4 Å². The second-order valence-corrected chi connectivity index (χ2v) is 8.82. The lowest BCUT2D eigenvalue weighted by atomic mass is 9.87. The smallest absolute Gasteiger partial charge is 0.251 e. The summed E-state index contributed by atoms with van der Waals surface area (Å²) in [6.45, 7) is 0.135. The number of hydrogen-bond acceptors (Lipinski definition) is 5. The Kier molecular flexibility index (Phi) is 7.46. The summed E-state index contributed by atoms with van der Waals surface area (Å²) in [7, 11) is -1.95. The highest BCUT2D eigenvalue weighted by Crippen LogP contribution is 2.31. The monoisotopic (exact) mass is 424 g/mol. The molecule has 0 fully saturated rings. The van der Waals surface area contributed by atoms with Crippen molar-refractivity contribution < 1.29 is 17.9 Å². The van der Waals surface area contributed by atoms with Crippen molar-refractivity contribution in [1.82, 2.24) is 5.32 Å². The maximum Gasteiger partial charge on any atom is 0.251 e. The van der Waals surface area contributed by atoms with Gasteiger partial charge >= 0.3 is 0 Å². The summed E-state index contributed by atoms with van der Waals surface area (Å²) in [5.74, 6) is -0.303. The molecule has 3 rings (SSSR count). The molecule has 28 heavy (non-hydrogen) atoms. The maximum atomic E-state index is 12.6. The molecule has 152 valence electrons. The molecule has 2 aromatic rings. The fourth-order valence-electron chi connectivity index (χ4n) is 3.35. The molecule has 0 radical (unpaired) electrons. The molecule has 1 aliphatic rings. The summed E-state index contributed by atoms with van der Waals surface area (Å²) in [6, 6.07) is 11.7. The number of carbonyl (C=O) groups excluding carboxylic acids is 1. The molecular formula is C20H25ClN2O4S. The van der Waals surface area contributed by atoms with Crippen molar-refractivity contribution >= 4 is 33.8 Å². The number of rotatable bonds is 6. The van der Waals surface area contributed by atoms with E-state index in [1.165, 1.54) is 24.8 Å². The standard InChI is InChI=1S/C20H24N2O4S.ClH/c1-26-11-12-27(24,25)17-8-5-14(6-9-17)20(23)22-19-4-2-3-15-13-16(21)7-10-18(15)19;/h5-10,13,19H,2-4,11-12,21H2,1H3,(H,22,23);1H. The molecule has 2 aromatic carbocycles. The third-order valence-electron chi connectivity index (χ3n) is 4.82. The molecule has 8 heteroatoms. The molecule has 1 aliphatic carbocycles. The van der Waals surface area contributed by atoms with Gasteiger partial charge in [-0.1, -0.05) is 6.07 Å². The summed E-state index contributed by atoms with van der Waals surface area (Å²) in [6.07, 6.45) is 2.81. The molecule has 0 aromatic heterocycles. The Morgan fingerprint density at radius 3 is 2.61 bits per heavy atom. The molecule has 1 amide bonds. The van der Waals surface area contributed by atoms with Gasteiger partial charge in [0.05, 0.1) is 23.3 Å². The van der Waals surface area contributed by atoms with Crippen LogP contribution in [0, 0.1) is 0 Å². The average Bonchev–Trinajstić information content (AvgIpc) is 2.66. The number of benzene rings is 2. The van der Waals surface area contributed by atoms with Crippen molar-refractivity contribution in [3.8, 4) is 0 Å². The third-order valence-corrected chi connectivity index (χ3v) is 6.51. The number of methoxy groups -OCH3 is 1. The molecule has 0 heterocycles. The predicted octanol–water partition coefficient (Wildman–Crippen LogP) is 2.92. The van der Waals surface area contributed by atoms with Gasteiger partial charge in [-0.3, -0.25) is 4.79 Å². The van der Waals surface area contributed by atoms with Crippen molar-refractivity contribution in [3.05, 3.63) is 59.2 Å². The van der Waals surface area contributed by atoms with Crippen LogP contribution in [0.2, 0.25) is 0 Å². The van der Waals surface area contributed by atoms with Gasteiger partial charge in [0.1, 0.15) is 0 Å². The number of nitrogens with one attached hydrogen (secondary N) is 1. The van der Waals surface area contributed by atoms with Gasteiger partial charge in [-0.25, -0.2) is 8.42 Å². The molecule has 0 bridgehead atoms. The number of sulfone groups is 1. The minimum atomic E-state index is -3.40. The van der Waals surface area contributed by atoms with Crippen LogP contribution in [0.3, 0.4) is 0 Å². The van der Waals surface area contributed by atoms with Crippen LogP contribution in [0.25, 0.3) is 0 Å². The Labute approximate surface area is 171 Å². The number of halogens is 1. The molecular weight excluding hydrogens is 400 g/mol. The van der Waals surface area contributed by atoms with E-state index >= 15 is 0 Å². The first-order chi connectivity index (χ1) is 12.9. The fourth-order valence-corrected chi connectivity index (χ4v) is 4.52. The van der Waals surface area contributed by atoms with E-state index in [1.807, 2.05) is 18.2 Å². The number of nitrogen functional groups attached to an aromatic ring is 1. The Balaban J connectivity index is 0.00000280. The minimum Gasteiger partial charge on any atom is -0.399 e. The number of hydrogen-bond donors (Lipinski definition) is 2. The predicted molar refractivity (Wildman–Crippen MR) is 112 cm³/mol. The first-order valence-electron chi connectivity index (χ1n) is 8.91. The number of aryl methyl sites for hydroxylation is 1. The summed E-state index contributed by atoms with van der Waals surface area (Å²) in [5.41, 5.74) is 9.29. The van der Waals surface area contributed by atoms with Crippen LogP contribution in [-0.4, -0.2) is 33.8 Å². The Morgan fingerprint density at radius 1 is 1.21 bits per heavy atom. The molecule has 0 saturated heterocycles. The van der Waals surface area contributed by atoms with E-state index < -0.39 is 9.84 Å². The summed E-state index contributed by atoms with van der Waals surface area (Å²) < 4.78 is 29.2. The highest BCUT2D eigenvalue weighted by atomic mass is 35.5. The van der Waals surface area contributed by atoms with E-state index in [1.54, 1.807) is 12.1 Å². The molecule has 1 atom stereocenters. The van der Waals surface area contributed by atoms with E-state index in [-0.39, 0.29) is 41.6 Å². The second-order valence-electron chi connectivity index (χ2n) is 6.71. The highest BCUT2D eigenvalue weighted by Gasteiger charge is 2.23. The molecule has 1 unspecified atom stereocenters. The average molecular weight is 425 g/mol. The highest BCUT2D eigenvalue weighted by molar-refractivity contribution is 7.91. The van der Waals surface area contributed by atoms with Crippen LogP contribution in [0.15, 0.2) is 47.4 Å². The van der Waals surface area contributed by atoms with Gasteiger partial charge < -0.3 is 15.8 Å². The van der Waals surface area contributed by atoms with E-state index in [0.717, 1.165) is 30.5 Å². The van der Waals surface area contributed by atoms with Gasteiger partial charge in [0.25, 0.3) is 5.91 Å². The lowest BCUT2D eigenvalue weighted by molar-refractivity contribution is 0.0932. The normalized spacial score (nSPS) is 16.0. The topological polar surface area (TPSA) is 98.5 Å². The zero-order valence-corrected chi connectivity index (χ0v) is 17.3. The van der Waals surface area contributed by atoms with Crippen molar-refractivity contribution in [1.29, 1.82) is 0 Å². The van der Waals surface area contributed by atoms with Crippen LogP contribution in [0.4, 0.5) is 5.69 Å². The van der Waals surface area contributed by atoms with Crippen LogP contribution in [0.5, 0.6) is 0 Å². The Hall–Kier alpha value is -2.09. The zero-order chi connectivity index (χ0) is 19.4. The number of anilines is 1. The number of nitrogens with two attached hydrogens (primary N) is 1. The van der Waals surface area contributed by atoms with E-state index in [9.17, 15) is 13.2 Å². The maximum absolute atomic E-state index is 12.6. The number of carbonyl (C=O) groups is 1. The van der Waals surface area contributed by atoms with Crippen LogP contribution < -0.4 is 11.1 Å². The van der Waals surface area contributed by atoms with Gasteiger partial charge in [-0.15, -0.1) is 12.4 Å². The molecule has 0 spiro atoms. The SMILES string of the molecule is COCCS(=O)(=O)c1ccc(C(=O)NC2CCCc3cc(N)ccc32)cc1.Cl. The fraction of sp³-hybridized carbons (Fsp3) is 0.350. The third kappa shape index (κ3) is 5.04. The van der Waals surface area contributed by atoms with Gasteiger partial charge in [-0.2, -0.15) is 0 Å². The van der Waals surface area contributed by atoms with Gasteiger partial charge in [0.2, 0.25) is 0 Å². The van der Waals surface area contributed by atoms with Crippen molar-refractivity contribution in [2.75, 3.05) is 25.2 Å². The minimum absolute atomic E-state index is 0. The molecule has 0 aliphatic heterocycles. The zero-order valence-electron chi connectivity index (χ0n) is 15.7. The van der Waals surface area contributed by atoms with Gasteiger partial charge in [-0.05, 0) is 66.8 Å². The van der Waals surface area contributed by atoms with Crippen LogP contribution in [-0.2, 0) is 21.0 Å². The first-order valence-corrected chi connectivity index (χ1v) is 10.6. The van der Waals surface area contributed by atoms with Crippen LogP contribution in [0.1, 0.15) is 40.4 Å². The van der Waals surface area contributed by atoms with E-state index in [4.69, 9.17) is 10.5 Å². The van der Waals surface area contributed by atoms with Crippen molar-refractivity contribution in [2.24, 2.45) is 0 Å². The van der Waals surface area contributed by atoms with Crippen molar-refractivity contribution in [3.63, 3.8) is 0 Å². The second kappa shape index (κ2) is 9.41. The summed E-state index contributed by atoms with van der Waals surface area (Å²) in [4.78, 5) is 12.8. The quantitative estimate of drug-likeness (QED) is 0.694. The summed E-state index contributed by atoms with van der Waals surface area (Å²) in [5, 5.41) is 3.05. The van der Waals surface area contributed by atoms with E-state index in [2.05, 4.69) is 5.32 Å². The number of ether oxygens (including phenoxy) is 1. The largest absolute Gasteiger partial charge is 0.399 e. The Morgan fingerprint density at radius 2 is 1.93 bits per heavy atom. The molecule has 3 N–H and O–H groups in total. The molecule has 0 saturated carbocycles. The molecule has 6 nitrogen and oxygen atoms in total.